The van der Waals surface area contributed by atoms with Crippen molar-refractivity contribution in [1.82, 2.24) is 14.6 Å². The van der Waals surface area contributed by atoms with Gasteiger partial charge in [-0.1, -0.05) is 0 Å². The predicted octanol–water partition coefficient (Wildman–Crippen LogP) is 1.68. The first-order valence-corrected chi connectivity index (χ1v) is 3.90. The van der Waals surface area contributed by atoms with Crippen molar-refractivity contribution < 1.29 is 13.5 Å². The molecule has 0 spiro atoms. The SMILES string of the molecule is COc1cccn2c(C(F)F)nnc12. The van der Waals surface area contributed by atoms with E-state index in [1.807, 2.05) is 0 Å². The Bertz CT molecular complexity index is 455. The molecule has 2 aromatic rings. The highest BCUT2D eigenvalue weighted by atomic mass is 19.3. The summed E-state index contributed by atoms with van der Waals surface area (Å²) in [5.41, 5.74) is 0.297. The van der Waals surface area contributed by atoms with Gasteiger partial charge in [-0.3, -0.25) is 4.40 Å². The van der Waals surface area contributed by atoms with Crippen LogP contribution in [-0.4, -0.2) is 21.7 Å². The zero-order valence-electron chi connectivity index (χ0n) is 7.32. The molecule has 0 radical (unpaired) electrons. The first kappa shape index (κ1) is 8.86. The van der Waals surface area contributed by atoms with Gasteiger partial charge in [0.2, 0.25) is 11.5 Å². The number of halogens is 2. The number of nitrogens with zero attached hydrogens (tertiary/aromatic N) is 3. The number of rotatable bonds is 2. The van der Waals surface area contributed by atoms with Gasteiger partial charge in [0.05, 0.1) is 7.11 Å². The summed E-state index contributed by atoms with van der Waals surface area (Å²) < 4.78 is 31.0. The number of methoxy groups -OCH3 is 1. The molecule has 2 rings (SSSR count). The summed E-state index contributed by atoms with van der Waals surface area (Å²) in [6.45, 7) is 0. The Kier molecular flexibility index (Phi) is 2.03. The summed E-state index contributed by atoms with van der Waals surface area (Å²) >= 11 is 0. The van der Waals surface area contributed by atoms with Crippen molar-refractivity contribution in [3.05, 3.63) is 24.2 Å². The van der Waals surface area contributed by atoms with E-state index in [-0.39, 0.29) is 5.82 Å². The number of aromatic nitrogens is 3. The molecule has 4 nitrogen and oxygen atoms in total. The number of pyridine rings is 1. The first-order valence-electron chi connectivity index (χ1n) is 3.90. The topological polar surface area (TPSA) is 39.4 Å². The van der Waals surface area contributed by atoms with Crippen LogP contribution in [0.3, 0.4) is 0 Å². The Labute approximate surface area is 78.1 Å². The lowest BCUT2D eigenvalue weighted by Gasteiger charge is -2.01. The van der Waals surface area contributed by atoms with Crippen LogP contribution >= 0.6 is 0 Å². The van der Waals surface area contributed by atoms with Crippen LogP contribution < -0.4 is 4.74 Å². The van der Waals surface area contributed by atoms with E-state index in [4.69, 9.17) is 4.74 Å². The fourth-order valence-corrected chi connectivity index (χ4v) is 1.22. The van der Waals surface area contributed by atoms with Crippen molar-refractivity contribution in [3.63, 3.8) is 0 Å². The summed E-state index contributed by atoms with van der Waals surface area (Å²) in [7, 11) is 1.45. The minimum atomic E-state index is -2.64. The quantitative estimate of drug-likeness (QED) is 0.738. The normalized spacial score (nSPS) is 11.1. The standard InChI is InChI=1S/C8H7F2N3O/c1-14-5-3-2-4-13-7(5)11-12-8(13)6(9)10/h2-4,6H,1H3. The van der Waals surface area contributed by atoms with Crippen molar-refractivity contribution in [1.29, 1.82) is 0 Å². The van der Waals surface area contributed by atoms with Crippen molar-refractivity contribution in [2.45, 2.75) is 6.43 Å². The molecule has 2 heterocycles. The molecule has 0 fully saturated rings. The Hall–Kier alpha value is -1.72. The molecular formula is C8H7F2N3O. The Morgan fingerprint density at radius 3 is 2.86 bits per heavy atom. The third kappa shape index (κ3) is 1.19. The van der Waals surface area contributed by atoms with Gasteiger partial charge >= 0.3 is 0 Å². The maximum atomic E-state index is 12.4. The van der Waals surface area contributed by atoms with Gasteiger partial charge in [-0.15, -0.1) is 10.2 Å². The van der Waals surface area contributed by atoms with Crippen LogP contribution in [0.5, 0.6) is 5.75 Å². The van der Waals surface area contributed by atoms with E-state index < -0.39 is 6.43 Å². The predicted molar refractivity (Wildman–Crippen MR) is 44.5 cm³/mol. The van der Waals surface area contributed by atoms with E-state index in [0.29, 0.717) is 11.4 Å². The average molecular weight is 199 g/mol. The van der Waals surface area contributed by atoms with E-state index in [1.165, 1.54) is 17.7 Å². The van der Waals surface area contributed by atoms with Crippen LogP contribution in [0, 0.1) is 0 Å². The third-order valence-electron chi connectivity index (χ3n) is 1.84. The summed E-state index contributed by atoms with van der Waals surface area (Å²) in [6, 6.07) is 3.24. The minimum Gasteiger partial charge on any atom is -0.493 e. The van der Waals surface area contributed by atoms with Crippen LogP contribution in [0.2, 0.25) is 0 Å². The average Bonchev–Trinajstić information content (AvgIpc) is 2.60. The number of hydrogen-bond donors (Lipinski definition) is 0. The van der Waals surface area contributed by atoms with E-state index in [1.54, 1.807) is 12.1 Å². The molecule has 0 atom stereocenters. The molecule has 74 valence electrons. The molecule has 0 aliphatic heterocycles. The summed E-state index contributed by atoms with van der Waals surface area (Å²) in [5, 5.41) is 7.01. The molecule has 6 heteroatoms. The molecule has 2 aromatic heterocycles. The molecule has 0 aliphatic carbocycles. The smallest absolute Gasteiger partial charge is 0.297 e. The molecule has 0 aromatic carbocycles. The van der Waals surface area contributed by atoms with Crippen molar-refractivity contribution in [2.75, 3.05) is 7.11 Å². The second-order valence-electron chi connectivity index (χ2n) is 2.63. The lowest BCUT2D eigenvalue weighted by Crippen LogP contribution is -1.95. The van der Waals surface area contributed by atoms with Gasteiger partial charge in [-0.2, -0.15) is 0 Å². The monoisotopic (exact) mass is 199 g/mol. The second kappa shape index (κ2) is 3.21. The molecule has 14 heavy (non-hydrogen) atoms. The zero-order chi connectivity index (χ0) is 10.1. The summed E-state index contributed by atoms with van der Waals surface area (Å²) in [4.78, 5) is 0. The van der Waals surface area contributed by atoms with Crippen LogP contribution in [0.25, 0.3) is 5.65 Å². The highest BCUT2D eigenvalue weighted by Gasteiger charge is 2.16. The van der Waals surface area contributed by atoms with Gasteiger partial charge in [0, 0.05) is 6.20 Å². The lowest BCUT2D eigenvalue weighted by atomic mass is 10.4. The third-order valence-corrected chi connectivity index (χ3v) is 1.84. The van der Waals surface area contributed by atoms with Crippen LogP contribution in [0.4, 0.5) is 8.78 Å². The Morgan fingerprint density at radius 2 is 2.21 bits per heavy atom. The number of ether oxygens (including phenoxy) is 1. The maximum Gasteiger partial charge on any atom is 0.297 e. The van der Waals surface area contributed by atoms with Gasteiger partial charge in [-0.05, 0) is 12.1 Å². The first-order chi connectivity index (χ1) is 6.74. The molecule has 0 saturated heterocycles. The molecule has 0 bridgehead atoms. The molecule has 0 saturated carbocycles. The van der Waals surface area contributed by atoms with Crippen LogP contribution in [-0.2, 0) is 0 Å². The highest BCUT2D eigenvalue weighted by molar-refractivity contribution is 5.53. The van der Waals surface area contributed by atoms with Gasteiger partial charge in [0.1, 0.15) is 0 Å². The molecular weight excluding hydrogens is 192 g/mol. The fraction of sp³-hybridized carbons (Fsp3) is 0.250. The van der Waals surface area contributed by atoms with E-state index >= 15 is 0 Å². The lowest BCUT2D eigenvalue weighted by molar-refractivity contribution is 0.139. The van der Waals surface area contributed by atoms with E-state index in [9.17, 15) is 8.78 Å². The number of alkyl halides is 2. The molecule has 0 aliphatic rings. The molecule has 0 unspecified atom stereocenters. The fourth-order valence-electron chi connectivity index (χ4n) is 1.22. The van der Waals surface area contributed by atoms with Gasteiger partial charge < -0.3 is 4.74 Å². The van der Waals surface area contributed by atoms with Gasteiger partial charge in [-0.25, -0.2) is 8.78 Å². The zero-order valence-corrected chi connectivity index (χ0v) is 7.32. The second-order valence-corrected chi connectivity index (χ2v) is 2.63. The van der Waals surface area contributed by atoms with Crippen molar-refractivity contribution >= 4 is 5.65 Å². The van der Waals surface area contributed by atoms with Gasteiger partial charge in [0.15, 0.2) is 5.75 Å². The minimum absolute atomic E-state index is 0.297. The van der Waals surface area contributed by atoms with Crippen molar-refractivity contribution in [3.8, 4) is 5.75 Å². The Balaban J connectivity index is 2.69. The van der Waals surface area contributed by atoms with E-state index in [0.717, 1.165) is 0 Å². The number of fused-ring (bicyclic) bond motifs is 1. The van der Waals surface area contributed by atoms with Crippen molar-refractivity contribution in [2.24, 2.45) is 0 Å². The van der Waals surface area contributed by atoms with Gasteiger partial charge in [0.25, 0.3) is 6.43 Å². The van der Waals surface area contributed by atoms with E-state index in [2.05, 4.69) is 10.2 Å². The maximum absolute atomic E-state index is 12.4. The number of hydrogen-bond acceptors (Lipinski definition) is 3. The van der Waals surface area contributed by atoms with Crippen LogP contribution in [0.1, 0.15) is 12.2 Å². The van der Waals surface area contributed by atoms with Crippen LogP contribution in [0.15, 0.2) is 18.3 Å². The Morgan fingerprint density at radius 1 is 1.43 bits per heavy atom. The molecule has 0 amide bonds. The summed E-state index contributed by atoms with van der Waals surface area (Å²) in [5.74, 6) is 0.0470. The summed E-state index contributed by atoms with van der Waals surface area (Å²) in [6.07, 6.45) is -1.17. The largest absolute Gasteiger partial charge is 0.493 e. The highest BCUT2D eigenvalue weighted by Crippen LogP contribution is 2.22. The molecule has 0 N–H and O–H groups in total.